The molecule has 1 aromatic carbocycles. The second-order valence-electron chi connectivity index (χ2n) is 6.43. The fourth-order valence-corrected chi connectivity index (χ4v) is 5.18. The quantitative estimate of drug-likeness (QED) is 0.813. The average molecular weight is 383 g/mol. The Morgan fingerprint density at radius 3 is 2.20 bits per heavy atom. The van der Waals surface area contributed by atoms with Gasteiger partial charge in [0.2, 0.25) is 10.0 Å². The Kier molecular flexibility index (Phi) is 5.20. The van der Waals surface area contributed by atoms with E-state index in [0.29, 0.717) is 42.5 Å². The topological polar surface area (TPSA) is 58.4 Å². The van der Waals surface area contributed by atoms with Crippen molar-refractivity contribution in [3.05, 3.63) is 46.2 Å². The Bertz CT molecular complexity index is 854. The van der Waals surface area contributed by atoms with Gasteiger partial charge in [-0.15, -0.1) is 0 Å². The maximum absolute atomic E-state index is 13.0. The zero-order valence-corrected chi connectivity index (χ0v) is 16.3. The molecular weight excluding hydrogens is 360 g/mol. The number of piperazine rings is 1. The highest BCUT2D eigenvalue weighted by Crippen LogP contribution is 2.24. The predicted octanol–water partition coefficient (Wildman–Crippen LogP) is 2.20. The fourth-order valence-electron chi connectivity index (χ4n) is 3.23. The molecule has 0 unspecified atom stereocenters. The molecule has 0 N–H and O–H groups in total. The van der Waals surface area contributed by atoms with E-state index in [2.05, 4.69) is 10.00 Å². The van der Waals surface area contributed by atoms with Gasteiger partial charge in [-0.3, -0.25) is 9.58 Å². The average Bonchev–Trinajstić information content (AvgIpc) is 2.83. The molecule has 0 atom stereocenters. The number of benzene rings is 1. The van der Waals surface area contributed by atoms with Crippen LogP contribution in [0.3, 0.4) is 0 Å². The van der Waals surface area contributed by atoms with Crippen molar-refractivity contribution in [1.82, 2.24) is 19.0 Å². The van der Waals surface area contributed by atoms with Crippen molar-refractivity contribution in [1.29, 1.82) is 0 Å². The highest BCUT2D eigenvalue weighted by atomic mass is 35.5. The summed E-state index contributed by atoms with van der Waals surface area (Å²) in [6, 6.07) is 7.78. The normalized spacial score (nSPS) is 17.1. The van der Waals surface area contributed by atoms with Gasteiger partial charge in [0, 0.05) is 44.8 Å². The fraction of sp³-hybridized carbons (Fsp3) is 0.471. The van der Waals surface area contributed by atoms with Crippen LogP contribution in [0, 0.1) is 13.8 Å². The van der Waals surface area contributed by atoms with Crippen molar-refractivity contribution in [3.63, 3.8) is 0 Å². The van der Waals surface area contributed by atoms with Crippen molar-refractivity contribution in [2.45, 2.75) is 25.3 Å². The monoisotopic (exact) mass is 382 g/mol. The van der Waals surface area contributed by atoms with Crippen molar-refractivity contribution in [2.75, 3.05) is 26.2 Å². The summed E-state index contributed by atoms with van der Waals surface area (Å²) < 4.78 is 29.2. The van der Waals surface area contributed by atoms with Crippen molar-refractivity contribution < 1.29 is 8.42 Å². The van der Waals surface area contributed by atoms with Crippen LogP contribution < -0.4 is 0 Å². The first kappa shape index (κ1) is 18.4. The summed E-state index contributed by atoms with van der Waals surface area (Å²) in [7, 11) is -1.73. The summed E-state index contributed by atoms with van der Waals surface area (Å²) in [6.45, 7) is 6.74. The van der Waals surface area contributed by atoms with Crippen molar-refractivity contribution in [2.24, 2.45) is 7.05 Å². The molecule has 3 rings (SSSR count). The van der Waals surface area contributed by atoms with Crippen molar-refractivity contribution in [3.8, 4) is 0 Å². The van der Waals surface area contributed by atoms with E-state index in [1.54, 1.807) is 29.9 Å². The van der Waals surface area contributed by atoms with E-state index >= 15 is 0 Å². The van der Waals surface area contributed by atoms with Gasteiger partial charge >= 0.3 is 0 Å². The molecule has 0 radical (unpaired) electrons. The van der Waals surface area contributed by atoms with Gasteiger partial charge in [-0.1, -0.05) is 23.7 Å². The molecule has 2 aromatic rings. The first-order valence-corrected chi connectivity index (χ1v) is 10.1. The van der Waals surface area contributed by atoms with Gasteiger partial charge in [-0.05, 0) is 31.5 Å². The number of aromatic nitrogens is 2. The summed E-state index contributed by atoms with van der Waals surface area (Å²) in [5.41, 5.74) is 2.42. The molecule has 8 heteroatoms. The van der Waals surface area contributed by atoms with E-state index in [9.17, 15) is 8.42 Å². The second kappa shape index (κ2) is 7.07. The lowest BCUT2D eigenvalue weighted by atomic mass is 10.2. The van der Waals surface area contributed by atoms with Gasteiger partial charge in [0.1, 0.15) is 4.90 Å². The Morgan fingerprint density at radius 1 is 1.08 bits per heavy atom. The molecule has 1 saturated heterocycles. The molecule has 25 heavy (non-hydrogen) atoms. The van der Waals surface area contributed by atoms with Gasteiger partial charge in [-0.25, -0.2) is 8.42 Å². The largest absolute Gasteiger partial charge is 0.296 e. The van der Waals surface area contributed by atoms with Gasteiger partial charge in [0.25, 0.3) is 0 Å². The number of hydrogen-bond donors (Lipinski definition) is 0. The summed E-state index contributed by atoms with van der Waals surface area (Å²) in [6.07, 6.45) is 0. The van der Waals surface area contributed by atoms with Crippen LogP contribution in [0.4, 0.5) is 0 Å². The zero-order chi connectivity index (χ0) is 18.2. The molecular formula is C17H23ClN4O2S. The van der Waals surface area contributed by atoms with Gasteiger partial charge in [0.15, 0.2) is 0 Å². The lowest BCUT2D eigenvalue weighted by Gasteiger charge is -2.34. The van der Waals surface area contributed by atoms with Crippen LogP contribution in [0.1, 0.15) is 17.0 Å². The number of aryl methyl sites for hydroxylation is 2. The minimum atomic E-state index is -3.50. The first-order valence-electron chi connectivity index (χ1n) is 8.26. The molecule has 0 aliphatic carbocycles. The lowest BCUT2D eigenvalue weighted by Crippen LogP contribution is -2.48. The SMILES string of the molecule is Cc1nn(C)c(C)c1S(=O)(=O)N1CCN(Cc2ccc(Cl)cc2)CC1. The molecule has 136 valence electrons. The standard InChI is InChI=1S/C17H23ClN4O2S/c1-13-17(14(2)20(3)19-13)25(23,24)22-10-8-21(9-11-22)12-15-4-6-16(18)7-5-15/h4-7H,8-12H2,1-3H3. The molecule has 0 amide bonds. The third kappa shape index (κ3) is 3.74. The number of rotatable bonds is 4. The zero-order valence-electron chi connectivity index (χ0n) is 14.7. The van der Waals surface area contributed by atoms with Gasteiger partial charge in [0.05, 0.1) is 11.4 Å². The third-order valence-corrected chi connectivity index (χ3v) is 7.09. The van der Waals surface area contributed by atoms with Crippen LogP contribution in [-0.4, -0.2) is 53.6 Å². The van der Waals surface area contributed by atoms with E-state index < -0.39 is 10.0 Å². The Hall–Kier alpha value is -1.41. The molecule has 1 aliphatic heterocycles. The number of nitrogens with zero attached hydrogens (tertiary/aromatic N) is 4. The summed E-state index contributed by atoms with van der Waals surface area (Å²) in [5.74, 6) is 0. The number of halogens is 1. The Balaban J connectivity index is 1.68. The highest BCUT2D eigenvalue weighted by Gasteiger charge is 2.32. The maximum atomic E-state index is 13.0. The third-order valence-electron chi connectivity index (χ3n) is 4.69. The minimum Gasteiger partial charge on any atom is -0.296 e. The summed E-state index contributed by atoms with van der Waals surface area (Å²) in [4.78, 5) is 2.61. The molecule has 1 fully saturated rings. The molecule has 0 bridgehead atoms. The van der Waals surface area contributed by atoms with E-state index in [1.165, 1.54) is 5.56 Å². The highest BCUT2D eigenvalue weighted by molar-refractivity contribution is 7.89. The lowest BCUT2D eigenvalue weighted by molar-refractivity contribution is 0.181. The van der Waals surface area contributed by atoms with Crippen LogP contribution in [-0.2, 0) is 23.6 Å². The van der Waals surface area contributed by atoms with Crippen LogP contribution in [0.5, 0.6) is 0 Å². The second-order valence-corrected chi connectivity index (χ2v) is 8.74. The maximum Gasteiger partial charge on any atom is 0.246 e. The molecule has 1 aromatic heterocycles. The van der Waals surface area contributed by atoms with Crippen LogP contribution in [0.2, 0.25) is 5.02 Å². The summed E-state index contributed by atoms with van der Waals surface area (Å²) >= 11 is 5.92. The number of hydrogen-bond acceptors (Lipinski definition) is 4. The molecule has 1 aliphatic rings. The van der Waals surface area contributed by atoms with Crippen LogP contribution >= 0.6 is 11.6 Å². The van der Waals surface area contributed by atoms with Crippen molar-refractivity contribution >= 4 is 21.6 Å². The van der Waals surface area contributed by atoms with E-state index in [-0.39, 0.29) is 0 Å². The van der Waals surface area contributed by atoms with E-state index in [4.69, 9.17) is 11.6 Å². The number of sulfonamides is 1. The van der Waals surface area contributed by atoms with E-state index in [0.717, 1.165) is 11.6 Å². The van der Waals surface area contributed by atoms with Crippen LogP contribution in [0.25, 0.3) is 0 Å². The Labute approximate surface area is 154 Å². The summed E-state index contributed by atoms with van der Waals surface area (Å²) in [5, 5.41) is 4.96. The predicted molar refractivity (Wildman–Crippen MR) is 98.2 cm³/mol. The Morgan fingerprint density at radius 2 is 1.68 bits per heavy atom. The molecule has 0 spiro atoms. The van der Waals surface area contributed by atoms with Gasteiger partial charge < -0.3 is 0 Å². The molecule has 6 nitrogen and oxygen atoms in total. The smallest absolute Gasteiger partial charge is 0.246 e. The van der Waals surface area contributed by atoms with Gasteiger partial charge in [-0.2, -0.15) is 9.40 Å². The molecule has 0 saturated carbocycles. The minimum absolute atomic E-state index is 0.348. The molecule has 2 heterocycles. The van der Waals surface area contributed by atoms with Crippen LogP contribution in [0.15, 0.2) is 29.2 Å². The first-order chi connectivity index (χ1) is 11.8. The van der Waals surface area contributed by atoms with E-state index in [1.807, 2.05) is 24.3 Å².